The topological polar surface area (TPSA) is 51.9 Å². The zero-order valence-electron chi connectivity index (χ0n) is 19.1. The smallest absolute Gasteiger partial charge is 0.172 e. The van der Waals surface area contributed by atoms with E-state index in [0.29, 0.717) is 12.2 Å². The molecule has 33 heavy (non-hydrogen) atoms. The van der Waals surface area contributed by atoms with Crippen molar-refractivity contribution in [1.82, 2.24) is 14.5 Å². The molecule has 1 fully saturated rings. The zero-order valence-corrected chi connectivity index (χ0v) is 19.1. The van der Waals surface area contributed by atoms with Gasteiger partial charge >= 0.3 is 0 Å². The van der Waals surface area contributed by atoms with Gasteiger partial charge in [-0.15, -0.1) is 0 Å². The highest BCUT2D eigenvalue weighted by molar-refractivity contribution is 6.03. The van der Waals surface area contributed by atoms with Crippen LogP contribution in [0.15, 0.2) is 59.7 Å². The van der Waals surface area contributed by atoms with Crippen LogP contribution in [0.2, 0.25) is 0 Å². The van der Waals surface area contributed by atoms with E-state index in [1.54, 1.807) is 20.4 Å². The Balaban J connectivity index is 1.45. The Morgan fingerprint density at radius 2 is 2.06 bits per heavy atom. The van der Waals surface area contributed by atoms with E-state index in [0.717, 1.165) is 59.1 Å². The van der Waals surface area contributed by atoms with Crippen molar-refractivity contribution in [2.75, 3.05) is 20.3 Å². The van der Waals surface area contributed by atoms with Gasteiger partial charge in [-0.2, -0.15) is 0 Å². The summed E-state index contributed by atoms with van der Waals surface area (Å²) in [5.74, 6) is 1.44. The monoisotopic (exact) mass is 446 g/mol. The fourth-order valence-electron chi connectivity index (χ4n) is 4.56. The van der Waals surface area contributed by atoms with Gasteiger partial charge in [0.2, 0.25) is 0 Å². The Labute approximate surface area is 192 Å². The number of piperidine rings is 1. The van der Waals surface area contributed by atoms with Crippen molar-refractivity contribution in [3.05, 3.63) is 82.7 Å². The molecule has 0 spiro atoms. The molecule has 1 unspecified atom stereocenters. The number of nitrogens with zero attached hydrogens (tertiary/aromatic N) is 4. The van der Waals surface area contributed by atoms with Gasteiger partial charge in [0.25, 0.3) is 0 Å². The number of amidine groups is 1. The quantitative estimate of drug-likeness (QED) is 0.553. The van der Waals surface area contributed by atoms with Crippen molar-refractivity contribution in [2.24, 2.45) is 5.16 Å². The molecule has 6 nitrogen and oxygen atoms in total. The molecule has 2 aliphatic rings. The normalized spacial score (nSPS) is 19.2. The van der Waals surface area contributed by atoms with Crippen molar-refractivity contribution in [3.8, 4) is 11.4 Å². The molecule has 2 aliphatic heterocycles. The summed E-state index contributed by atoms with van der Waals surface area (Å²) in [6.45, 7) is 5.10. The highest BCUT2D eigenvalue weighted by atomic mass is 19.1. The number of fused-ring (bicyclic) bond motifs is 1. The van der Waals surface area contributed by atoms with Crippen LogP contribution in [0.5, 0.6) is 5.75 Å². The van der Waals surface area contributed by atoms with Crippen molar-refractivity contribution in [1.29, 1.82) is 0 Å². The molecule has 5 rings (SSSR count). The number of benzene rings is 2. The molecule has 3 aromatic rings. The summed E-state index contributed by atoms with van der Waals surface area (Å²) < 4.78 is 21.4. The molecule has 0 saturated carbocycles. The minimum atomic E-state index is -0.188. The molecule has 0 N–H and O–H groups in total. The van der Waals surface area contributed by atoms with Crippen LogP contribution in [-0.2, 0) is 4.84 Å². The van der Waals surface area contributed by atoms with Crippen LogP contribution >= 0.6 is 0 Å². The third-order valence-electron chi connectivity index (χ3n) is 6.27. The lowest BCUT2D eigenvalue weighted by Gasteiger charge is -2.40. The Morgan fingerprint density at radius 1 is 1.18 bits per heavy atom. The number of halogens is 1. The number of methoxy groups -OCH3 is 1. The largest absolute Gasteiger partial charge is 0.495 e. The third-order valence-corrected chi connectivity index (χ3v) is 6.27. The summed E-state index contributed by atoms with van der Waals surface area (Å²) in [5, 5.41) is 4.41. The molecule has 1 aromatic heterocycles. The number of aromatic nitrogens is 2. The fourth-order valence-corrected chi connectivity index (χ4v) is 4.56. The summed E-state index contributed by atoms with van der Waals surface area (Å²) in [7, 11) is 1.68. The molecule has 0 aliphatic carbocycles. The third kappa shape index (κ3) is 4.11. The molecule has 7 heteroatoms. The second kappa shape index (κ2) is 8.73. The maximum atomic E-state index is 13.8. The van der Waals surface area contributed by atoms with Crippen molar-refractivity contribution in [3.63, 3.8) is 0 Å². The number of ether oxygens (including phenoxy) is 1. The second-order valence-corrected chi connectivity index (χ2v) is 8.56. The second-order valence-electron chi connectivity index (χ2n) is 8.56. The first kappa shape index (κ1) is 21.2. The number of imidazole rings is 1. The summed E-state index contributed by atoms with van der Waals surface area (Å²) in [6, 6.07) is 11.4. The summed E-state index contributed by atoms with van der Waals surface area (Å²) in [4.78, 5) is 12.2. The first-order valence-electron chi connectivity index (χ1n) is 11.2. The highest BCUT2D eigenvalue weighted by Gasteiger charge is 2.33. The summed E-state index contributed by atoms with van der Waals surface area (Å²) in [5.41, 5.74) is 5.74. The molecule has 3 heterocycles. The van der Waals surface area contributed by atoms with Crippen LogP contribution in [-0.4, -0.2) is 40.5 Å². The zero-order chi connectivity index (χ0) is 22.9. The first-order valence-corrected chi connectivity index (χ1v) is 11.2. The standard InChI is InChI=1S/C26H27FN4O2/c1-17-11-20(7-8-22(17)27)24-15-33-29-26-21(5-4-10-31(24)26)12-19-6-9-23(25(13-19)32-3)30-14-18(2)28-16-30/h6-9,11-14,16,24H,4-5,10,15H2,1-3H3/b21-12+. The van der Waals surface area contributed by atoms with Crippen molar-refractivity contribution >= 4 is 11.9 Å². The molecule has 1 atom stereocenters. The van der Waals surface area contributed by atoms with Gasteiger partial charge in [-0.3, -0.25) is 0 Å². The fraction of sp³-hybridized carbons (Fsp3) is 0.308. The Hall–Kier alpha value is -3.61. The summed E-state index contributed by atoms with van der Waals surface area (Å²) >= 11 is 0. The average Bonchev–Trinajstić information content (AvgIpc) is 3.26. The molecule has 0 radical (unpaired) electrons. The Bertz CT molecular complexity index is 1250. The van der Waals surface area contributed by atoms with Gasteiger partial charge in [-0.25, -0.2) is 9.37 Å². The van der Waals surface area contributed by atoms with Crippen molar-refractivity contribution in [2.45, 2.75) is 32.7 Å². The molecule has 2 aromatic carbocycles. The maximum absolute atomic E-state index is 13.8. The lowest BCUT2D eigenvalue weighted by atomic mass is 9.95. The Morgan fingerprint density at radius 3 is 2.82 bits per heavy atom. The number of oxime groups is 1. The number of aryl methyl sites for hydroxylation is 2. The predicted molar refractivity (Wildman–Crippen MR) is 126 cm³/mol. The summed E-state index contributed by atoms with van der Waals surface area (Å²) in [6.07, 6.45) is 7.85. The molecule has 170 valence electrons. The van der Waals surface area contributed by atoms with Crippen molar-refractivity contribution < 1.29 is 14.0 Å². The van der Waals surface area contributed by atoms with Crippen LogP contribution in [0.1, 0.15) is 41.3 Å². The predicted octanol–water partition coefficient (Wildman–Crippen LogP) is 5.20. The van der Waals surface area contributed by atoms with Gasteiger partial charge in [-0.1, -0.05) is 23.4 Å². The van der Waals surface area contributed by atoms with E-state index in [-0.39, 0.29) is 11.9 Å². The Kier molecular flexibility index (Phi) is 5.62. The van der Waals surface area contributed by atoms with E-state index < -0.39 is 0 Å². The van der Waals surface area contributed by atoms with Crippen LogP contribution in [0.3, 0.4) is 0 Å². The SMILES string of the molecule is COc1cc(/C=C2\CCCN3C2=NOCC3c2ccc(F)c(C)c2)ccc1-n1cnc(C)c1. The molecular formula is C26H27FN4O2. The lowest BCUT2D eigenvalue weighted by molar-refractivity contribution is 0.0574. The number of hydrogen-bond acceptors (Lipinski definition) is 5. The molecule has 0 amide bonds. The first-order chi connectivity index (χ1) is 16.0. The molecule has 0 bridgehead atoms. The average molecular weight is 447 g/mol. The van der Waals surface area contributed by atoms with E-state index in [9.17, 15) is 4.39 Å². The van der Waals surface area contributed by atoms with E-state index in [1.165, 1.54) is 6.07 Å². The van der Waals surface area contributed by atoms with E-state index in [1.807, 2.05) is 42.0 Å². The molecular weight excluding hydrogens is 419 g/mol. The van der Waals surface area contributed by atoms with Gasteiger partial charge in [0.15, 0.2) is 5.84 Å². The minimum absolute atomic E-state index is 0.0156. The highest BCUT2D eigenvalue weighted by Crippen LogP contribution is 2.34. The van der Waals surface area contributed by atoms with E-state index in [2.05, 4.69) is 27.2 Å². The van der Waals surface area contributed by atoms with Gasteiger partial charge < -0.3 is 19.0 Å². The molecule has 1 saturated heterocycles. The number of hydrogen-bond donors (Lipinski definition) is 0. The van der Waals surface area contributed by atoms with Gasteiger partial charge in [-0.05, 0) is 73.2 Å². The van der Waals surface area contributed by atoms with E-state index >= 15 is 0 Å². The van der Waals surface area contributed by atoms with E-state index in [4.69, 9.17) is 9.57 Å². The van der Waals surface area contributed by atoms with Crippen LogP contribution in [0.4, 0.5) is 4.39 Å². The minimum Gasteiger partial charge on any atom is -0.495 e. The van der Waals surface area contributed by atoms with Gasteiger partial charge in [0.05, 0.1) is 30.9 Å². The van der Waals surface area contributed by atoms with Crippen LogP contribution < -0.4 is 4.74 Å². The maximum Gasteiger partial charge on any atom is 0.172 e. The lowest BCUT2D eigenvalue weighted by Crippen LogP contribution is -2.44. The number of rotatable bonds is 4. The van der Waals surface area contributed by atoms with Crippen LogP contribution in [0.25, 0.3) is 11.8 Å². The van der Waals surface area contributed by atoms with Crippen LogP contribution in [0, 0.1) is 19.7 Å². The van der Waals surface area contributed by atoms with Gasteiger partial charge in [0, 0.05) is 12.7 Å². The van der Waals surface area contributed by atoms with Gasteiger partial charge in [0.1, 0.15) is 18.2 Å².